The first-order chi connectivity index (χ1) is 16.6. The van der Waals surface area contributed by atoms with Gasteiger partial charge in [0.2, 0.25) is 0 Å². The lowest BCUT2D eigenvalue weighted by Crippen LogP contribution is -2.55. The highest BCUT2D eigenvalue weighted by molar-refractivity contribution is 6.04. The lowest BCUT2D eigenvalue weighted by molar-refractivity contribution is 0.0581. The second kappa shape index (κ2) is 8.91. The summed E-state index contributed by atoms with van der Waals surface area (Å²) in [5.41, 5.74) is 2.62. The third kappa shape index (κ3) is 3.95. The minimum atomic E-state index is -0.0668. The molecule has 1 fully saturated rings. The molecule has 2 heterocycles. The minimum Gasteiger partial charge on any atom is -0.497 e. The van der Waals surface area contributed by atoms with Crippen molar-refractivity contribution in [2.24, 2.45) is 4.99 Å². The molecule has 0 aromatic heterocycles. The van der Waals surface area contributed by atoms with Crippen LogP contribution in [0, 0.1) is 11.3 Å². The summed E-state index contributed by atoms with van der Waals surface area (Å²) in [5.74, 6) is 2.86. The van der Waals surface area contributed by atoms with Crippen LogP contribution in [0.4, 0.5) is 5.69 Å². The van der Waals surface area contributed by atoms with Gasteiger partial charge in [0, 0.05) is 31.2 Å². The molecule has 2 aliphatic heterocycles. The van der Waals surface area contributed by atoms with Crippen LogP contribution in [0.1, 0.15) is 28.4 Å². The fraction of sp³-hybridized carbons (Fsp3) is 0.222. The molecule has 0 bridgehead atoms. The molecule has 0 spiro atoms. The molecule has 3 aromatic carbocycles. The van der Waals surface area contributed by atoms with E-state index in [2.05, 4.69) is 11.0 Å². The lowest BCUT2D eigenvalue weighted by Gasteiger charge is -2.41. The number of aliphatic imine (C=N–C) groups is 1. The van der Waals surface area contributed by atoms with E-state index < -0.39 is 0 Å². The predicted molar refractivity (Wildman–Crippen MR) is 129 cm³/mol. The Morgan fingerprint density at radius 2 is 1.94 bits per heavy atom. The molecule has 1 saturated heterocycles. The van der Waals surface area contributed by atoms with Gasteiger partial charge in [0.05, 0.1) is 24.3 Å². The van der Waals surface area contributed by atoms with E-state index in [1.54, 1.807) is 31.4 Å². The number of fused-ring (bicyclic) bond motifs is 2. The van der Waals surface area contributed by atoms with Crippen LogP contribution in [-0.2, 0) is 0 Å². The fourth-order valence-corrected chi connectivity index (χ4v) is 4.41. The van der Waals surface area contributed by atoms with Crippen molar-refractivity contribution < 1.29 is 14.3 Å². The van der Waals surface area contributed by atoms with Crippen LogP contribution in [-0.4, -0.2) is 54.3 Å². The van der Waals surface area contributed by atoms with Gasteiger partial charge in [-0.2, -0.15) is 5.26 Å². The molecule has 0 aliphatic carbocycles. The summed E-state index contributed by atoms with van der Waals surface area (Å²) >= 11 is 0. The molecular weight excluding hydrogens is 428 g/mol. The second-order valence-corrected chi connectivity index (χ2v) is 8.35. The first-order valence-corrected chi connectivity index (χ1v) is 11.2. The monoisotopic (exact) mass is 452 g/mol. The van der Waals surface area contributed by atoms with Crippen LogP contribution in [0.25, 0.3) is 0 Å². The summed E-state index contributed by atoms with van der Waals surface area (Å²) in [5, 5.41) is 9.18. The van der Waals surface area contributed by atoms with Crippen molar-refractivity contribution in [3.63, 3.8) is 0 Å². The summed E-state index contributed by atoms with van der Waals surface area (Å²) in [6.45, 7) is 3.80. The molecule has 0 saturated carbocycles. The number of carbonyl (C=O) groups excluding carboxylic acids is 1. The Hall–Kier alpha value is -4.31. The highest BCUT2D eigenvalue weighted by Crippen LogP contribution is 2.39. The normalized spacial score (nSPS) is 16.9. The molecule has 170 valence electrons. The van der Waals surface area contributed by atoms with Crippen molar-refractivity contribution in [1.82, 2.24) is 9.80 Å². The Kier molecular flexibility index (Phi) is 5.64. The van der Waals surface area contributed by atoms with E-state index in [9.17, 15) is 10.1 Å². The third-order valence-corrected chi connectivity index (χ3v) is 6.17. The standard InChI is InChI=1S/C27H24N4O3/c1-18-17-30(12-13-31(18)27(32)20-7-5-6-19(14-20)16-28)26-22-15-21(33-2)10-11-24(22)34-25-9-4-3-8-23(25)29-26/h3-11,14-15,18H,12-13,17H2,1-2H3/t18-/m0/s1. The number of nitriles is 1. The Labute approximate surface area is 198 Å². The molecule has 3 aromatic rings. The van der Waals surface area contributed by atoms with Crippen molar-refractivity contribution in [2.75, 3.05) is 26.7 Å². The zero-order chi connectivity index (χ0) is 23.7. The van der Waals surface area contributed by atoms with E-state index in [-0.39, 0.29) is 11.9 Å². The Bertz CT molecular complexity index is 1330. The van der Waals surface area contributed by atoms with Crippen LogP contribution in [0.15, 0.2) is 71.7 Å². The number of rotatable bonds is 2. The van der Waals surface area contributed by atoms with Crippen LogP contribution < -0.4 is 9.47 Å². The topological polar surface area (TPSA) is 78.2 Å². The molecule has 1 amide bonds. The van der Waals surface area contributed by atoms with Gasteiger partial charge < -0.3 is 19.3 Å². The summed E-state index contributed by atoms with van der Waals surface area (Å²) in [6, 6.07) is 22.3. The summed E-state index contributed by atoms with van der Waals surface area (Å²) in [6.07, 6.45) is 0. The maximum atomic E-state index is 13.2. The molecule has 7 heteroatoms. The average Bonchev–Trinajstić information content (AvgIpc) is 3.04. The molecule has 2 aliphatic rings. The number of hydrogen-bond acceptors (Lipinski definition) is 6. The maximum absolute atomic E-state index is 13.2. The van der Waals surface area contributed by atoms with Crippen molar-refractivity contribution >= 4 is 17.4 Å². The van der Waals surface area contributed by atoms with E-state index in [4.69, 9.17) is 14.5 Å². The second-order valence-electron chi connectivity index (χ2n) is 8.35. The highest BCUT2D eigenvalue weighted by atomic mass is 16.5. The molecule has 0 N–H and O–H groups in total. The van der Waals surface area contributed by atoms with E-state index in [0.717, 1.165) is 22.8 Å². The van der Waals surface area contributed by atoms with Crippen LogP contribution in [0.2, 0.25) is 0 Å². The van der Waals surface area contributed by atoms with Crippen LogP contribution in [0.3, 0.4) is 0 Å². The molecule has 34 heavy (non-hydrogen) atoms. The molecule has 5 rings (SSSR count). The smallest absolute Gasteiger partial charge is 0.254 e. The van der Waals surface area contributed by atoms with Crippen LogP contribution >= 0.6 is 0 Å². The molecular formula is C27H24N4O3. The van der Waals surface area contributed by atoms with Crippen molar-refractivity contribution in [2.45, 2.75) is 13.0 Å². The average molecular weight is 453 g/mol. The van der Waals surface area contributed by atoms with E-state index in [1.165, 1.54) is 0 Å². The predicted octanol–water partition coefficient (Wildman–Crippen LogP) is 4.60. The zero-order valence-corrected chi connectivity index (χ0v) is 19.1. The Balaban J connectivity index is 1.46. The molecule has 7 nitrogen and oxygen atoms in total. The van der Waals surface area contributed by atoms with E-state index in [0.29, 0.717) is 42.3 Å². The summed E-state index contributed by atoms with van der Waals surface area (Å²) in [7, 11) is 1.64. The first-order valence-electron chi connectivity index (χ1n) is 11.2. The Morgan fingerprint density at radius 1 is 1.09 bits per heavy atom. The number of methoxy groups -OCH3 is 1. The van der Waals surface area contributed by atoms with Crippen molar-refractivity contribution in [3.05, 3.63) is 83.4 Å². The van der Waals surface area contributed by atoms with Gasteiger partial charge in [-0.15, -0.1) is 0 Å². The molecule has 0 radical (unpaired) electrons. The van der Waals surface area contributed by atoms with Crippen molar-refractivity contribution in [1.29, 1.82) is 5.26 Å². The number of ether oxygens (including phenoxy) is 2. The largest absolute Gasteiger partial charge is 0.497 e. The SMILES string of the molecule is COc1ccc2c(c1)C(N1CCN(C(=O)c3cccc(C#N)c3)[C@@H](C)C1)=Nc1ccccc1O2. The van der Waals surface area contributed by atoms with Gasteiger partial charge in [-0.05, 0) is 55.5 Å². The van der Waals surface area contributed by atoms with E-state index in [1.807, 2.05) is 54.3 Å². The number of nitrogens with zero attached hydrogens (tertiary/aromatic N) is 4. The third-order valence-electron chi connectivity index (χ3n) is 6.17. The van der Waals surface area contributed by atoms with Gasteiger partial charge in [-0.1, -0.05) is 18.2 Å². The number of amides is 1. The Morgan fingerprint density at radius 3 is 2.74 bits per heavy atom. The molecule has 1 atom stereocenters. The summed E-state index contributed by atoms with van der Waals surface area (Å²) < 4.78 is 11.7. The number of carbonyl (C=O) groups is 1. The minimum absolute atomic E-state index is 0.0526. The van der Waals surface area contributed by atoms with Gasteiger partial charge in [0.25, 0.3) is 5.91 Å². The van der Waals surface area contributed by atoms with E-state index >= 15 is 0 Å². The lowest BCUT2D eigenvalue weighted by atomic mass is 10.1. The van der Waals surface area contributed by atoms with Gasteiger partial charge in [0.1, 0.15) is 23.0 Å². The summed E-state index contributed by atoms with van der Waals surface area (Å²) in [4.78, 5) is 22.2. The van der Waals surface area contributed by atoms with Gasteiger partial charge in [-0.25, -0.2) is 4.99 Å². The van der Waals surface area contributed by atoms with Gasteiger partial charge in [0.15, 0.2) is 5.75 Å². The number of amidine groups is 1. The number of benzene rings is 3. The first kappa shape index (κ1) is 21.5. The molecule has 0 unspecified atom stereocenters. The quantitative estimate of drug-likeness (QED) is 0.568. The van der Waals surface area contributed by atoms with Gasteiger partial charge in [-0.3, -0.25) is 4.79 Å². The highest BCUT2D eigenvalue weighted by Gasteiger charge is 2.32. The van der Waals surface area contributed by atoms with Crippen LogP contribution in [0.5, 0.6) is 17.2 Å². The number of para-hydroxylation sites is 2. The van der Waals surface area contributed by atoms with Gasteiger partial charge >= 0.3 is 0 Å². The number of hydrogen-bond donors (Lipinski definition) is 0. The zero-order valence-electron chi connectivity index (χ0n) is 19.1. The number of piperazine rings is 1. The van der Waals surface area contributed by atoms with Crippen molar-refractivity contribution in [3.8, 4) is 23.3 Å². The maximum Gasteiger partial charge on any atom is 0.254 e. The fourth-order valence-electron chi connectivity index (χ4n) is 4.41.